The molecule has 1 saturated heterocycles. The highest BCUT2D eigenvalue weighted by atomic mass is 35.5. The molecule has 1 aliphatic rings. The van der Waals surface area contributed by atoms with Crippen LogP contribution in [-0.2, 0) is 4.79 Å². The fraction of sp³-hybridized carbons (Fsp3) is 0.318. The molecule has 1 aliphatic heterocycles. The molecule has 1 fully saturated rings. The largest absolute Gasteiger partial charge is 0.496 e. The molecule has 2 aromatic rings. The third kappa shape index (κ3) is 5.10. The monoisotopic (exact) mass is 430 g/mol. The third-order valence-electron chi connectivity index (χ3n) is 4.80. The summed E-state index contributed by atoms with van der Waals surface area (Å²) in [5.41, 5.74) is 0.837. The maximum Gasteiger partial charge on any atom is 0.308 e. The van der Waals surface area contributed by atoms with Gasteiger partial charge in [0.05, 0.1) is 12.7 Å². The molecule has 0 radical (unpaired) electrons. The normalized spacial score (nSPS) is 14.1. The van der Waals surface area contributed by atoms with Gasteiger partial charge in [0.2, 0.25) is 0 Å². The Morgan fingerprint density at radius 1 is 0.933 bits per heavy atom. The predicted molar refractivity (Wildman–Crippen MR) is 112 cm³/mol. The van der Waals surface area contributed by atoms with E-state index in [9.17, 15) is 14.4 Å². The summed E-state index contributed by atoms with van der Waals surface area (Å²) in [6.07, 6.45) is 0.643. The van der Waals surface area contributed by atoms with E-state index >= 15 is 0 Å². The smallest absolute Gasteiger partial charge is 0.308 e. The molecule has 8 heteroatoms. The molecule has 30 heavy (non-hydrogen) atoms. The van der Waals surface area contributed by atoms with Crippen LogP contribution in [0.2, 0.25) is 5.02 Å². The standard InChI is InChI=1S/C22H23ClN2O5/c1-15(26)30-18-6-3-5-16(13-18)21(27)24-9-4-10-25(12-11-24)22(28)19-14-17(23)7-8-20(19)29-2/h3,5-8,13-14H,4,9-12H2,1-2H3. The topological polar surface area (TPSA) is 76.2 Å². The number of amides is 2. The van der Waals surface area contributed by atoms with Crippen molar-refractivity contribution in [3.8, 4) is 11.5 Å². The molecular weight excluding hydrogens is 408 g/mol. The van der Waals surface area contributed by atoms with Crippen LogP contribution in [0.5, 0.6) is 11.5 Å². The van der Waals surface area contributed by atoms with E-state index in [1.165, 1.54) is 14.0 Å². The number of nitrogens with zero attached hydrogens (tertiary/aromatic N) is 2. The lowest BCUT2D eigenvalue weighted by Gasteiger charge is -2.23. The van der Waals surface area contributed by atoms with Gasteiger partial charge in [0.1, 0.15) is 11.5 Å². The highest BCUT2D eigenvalue weighted by molar-refractivity contribution is 6.31. The number of halogens is 1. The maximum absolute atomic E-state index is 13.0. The lowest BCUT2D eigenvalue weighted by molar-refractivity contribution is -0.131. The summed E-state index contributed by atoms with van der Waals surface area (Å²) < 4.78 is 10.4. The molecule has 0 atom stereocenters. The zero-order valence-corrected chi connectivity index (χ0v) is 17.6. The average Bonchev–Trinajstić information content (AvgIpc) is 2.98. The number of methoxy groups -OCH3 is 1. The van der Waals surface area contributed by atoms with Gasteiger partial charge in [0, 0.05) is 43.7 Å². The molecule has 2 aromatic carbocycles. The summed E-state index contributed by atoms with van der Waals surface area (Å²) in [6.45, 7) is 3.14. The molecule has 0 spiro atoms. The van der Waals surface area contributed by atoms with Gasteiger partial charge in [-0.05, 0) is 42.8 Å². The van der Waals surface area contributed by atoms with E-state index in [1.807, 2.05) is 0 Å². The lowest BCUT2D eigenvalue weighted by atomic mass is 10.1. The first kappa shape index (κ1) is 21.6. The molecular formula is C22H23ClN2O5. The Kier molecular flexibility index (Phi) is 6.95. The SMILES string of the molecule is COc1ccc(Cl)cc1C(=O)N1CCCN(C(=O)c2cccc(OC(C)=O)c2)CC1. The van der Waals surface area contributed by atoms with Gasteiger partial charge in [0.15, 0.2) is 0 Å². The van der Waals surface area contributed by atoms with E-state index < -0.39 is 5.97 Å². The van der Waals surface area contributed by atoms with Gasteiger partial charge in [-0.15, -0.1) is 0 Å². The first-order chi connectivity index (χ1) is 14.4. The first-order valence-corrected chi connectivity index (χ1v) is 9.97. The van der Waals surface area contributed by atoms with Crippen molar-refractivity contribution in [1.29, 1.82) is 0 Å². The van der Waals surface area contributed by atoms with Crippen molar-refractivity contribution < 1.29 is 23.9 Å². The van der Waals surface area contributed by atoms with Gasteiger partial charge < -0.3 is 19.3 Å². The van der Waals surface area contributed by atoms with E-state index in [4.69, 9.17) is 21.1 Å². The van der Waals surface area contributed by atoms with Crippen LogP contribution in [0.4, 0.5) is 0 Å². The number of benzene rings is 2. The molecule has 7 nitrogen and oxygen atoms in total. The van der Waals surface area contributed by atoms with Crippen LogP contribution in [0.3, 0.4) is 0 Å². The zero-order valence-electron chi connectivity index (χ0n) is 16.9. The highest BCUT2D eigenvalue weighted by Gasteiger charge is 2.25. The van der Waals surface area contributed by atoms with Gasteiger partial charge >= 0.3 is 5.97 Å². The summed E-state index contributed by atoms with van der Waals surface area (Å²) >= 11 is 6.06. The summed E-state index contributed by atoms with van der Waals surface area (Å²) in [4.78, 5) is 40.5. The minimum atomic E-state index is -0.444. The molecule has 0 saturated carbocycles. The Bertz CT molecular complexity index is 962. The fourth-order valence-corrected chi connectivity index (χ4v) is 3.55. The fourth-order valence-electron chi connectivity index (χ4n) is 3.38. The number of carbonyl (C=O) groups is 3. The number of carbonyl (C=O) groups excluding carboxylic acids is 3. The van der Waals surface area contributed by atoms with Crippen LogP contribution in [0, 0.1) is 0 Å². The van der Waals surface area contributed by atoms with Gasteiger partial charge in [-0.1, -0.05) is 17.7 Å². The number of rotatable bonds is 4. The summed E-state index contributed by atoms with van der Waals surface area (Å²) in [5.74, 6) is -0.00370. The van der Waals surface area contributed by atoms with Gasteiger partial charge in [0.25, 0.3) is 11.8 Å². The second-order valence-electron chi connectivity index (χ2n) is 6.90. The van der Waals surface area contributed by atoms with Crippen molar-refractivity contribution in [2.75, 3.05) is 33.3 Å². The summed E-state index contributed by atoms with van der Waals surface area (Å²) in [7, 11) is 1.51. The molecule has 0 unspecified atom stereocenters. The van der Waals surface area contributed by atoms with Crippen molar-refractivity contribution >= 4 is 29.4 Å². The van der Waals surface area contributed by atoms with Crippen molar-refractivity contribution in [3.63, 3.8) is 0 Å². The third-order valence-corrected chi connectivity index (χ3v) is 5.04. The Hall–Kier alpha value is -3.06. The van der Waals surface area contributed by atoms with Crippen molar-refractivity contribution in [2.24, 2.45) is 0 Å². The minimum absolute atomic E-state index is 0.168. The zero-order chi connectivity index (χ0) is 21.7. The van der Waals surface area contributed by atoms with Gasteiger partial charge in [-0.2, -0.15) is 0 Å². The van der Waals surface area contributed by atoms with Crippen molar-refractivity contribution in [3.05, 3.63) is 58.6 Å². The molecule has 0 aliphatic carbocycles. The molecule has 0 bridgehead atoms. The Balaban J connectivity index is 1.71. The molecule has 0 N–H and O–H groups in total. The molecule has 158 valence electrons. The van der Waals surface area contributed by atoms with Crippen LogP contribution >= 0.6 is 11.6 Å². The quantitative estimate of drug-likeness (QED) is 0.549. The van der Waals surface area contributed by atoms with E-state index in [0.29, 0.717) is 60.2 Å². The highest BCUT2D eigenvalue weighted by Crippen LogP contribution is 2.25. The number of esters is 1. The average molecular weight is 431 g/mol. The van der Waals surface area contributed by atoms with Crippen molar-refractivity contribution in [2.45, 2.75) is 13.3 Å². The van der Waals surface area contributed by atoms with E-state index in [1.54, 1.807) is 52.3 Å². The minimum Gasteiger partial charge on any atom is -0.496 e. The first-order valence-electron chi connectivity index (χ1n) is 9.59. The predicted octanol–water partition coefficient (Wildman–Crippen LogP) is 3.26. The van der Waals surface area contributed by atoms with Crippen LogP contribution in [-0.4, -0.2) is 60.9 Å². The Morgan fingerprint density at radius 3 is 2.30 bits per heavy atom. The molecule has 2 amide bonds. The molecule has 1 heterocycles. The van der Waals surface area contributed by atoms with E-state index in [2.05, 4.69) is 0 Å². The van der Waals surface area contributed by atoms with Crippen molar-refractivity contribution in [1.82, 2.24) is 9.80 Å². The number of ether oxygens (including phenoxy) is 2. The van der Waals surface area contributed by atoms with Crippen LogP contribution in [0.15, 0.2) is 42.5 Å². The molecule has 0 aromatic heterocycles. The molecule has 3 rings (SSSR count). The van der Waals surface area contributed by atoms with E-state index in [0.717, 1.165) is 0 Å². The second kappa shape index (κ2) is 9.63. The Labute approximate surface area is 180 Å². The van der Waals surface area contributed by atoms with Crippen LogP contribution in [0.25, 0.3) is 0 Å². The Morgan fingerprint density at radius 2 is 1.63 bits per heavy atom. The summed E-state index contributed by atoms with van der Waals surface area (Å²) in [6, 6.07) is 11.5. The number of hydrogen-bond acceptors (Lipinski definition) is 5. The van der Waals surface area contributed by atoms with Crippen LogP contribution in [0.1, 0.15) is 34.1 Å². The maximum atomic E-state index is 13.0. The second-order valence-corrected chi connectivity index (χ2v) is 7.34. The number of hydrogen-bond donors (Lipinski definition) is 0. The summed E-state index contributed by atoms with van der Waals surface area (Å²) in [5, 5.41) is 0.457. The van der Waals surface area contributed by atoms with E-state index in [-0.39, 0.29) is 11.8 Å². The van der Waals surface area contributed by atoms with Gasteiger partial charge in [-0.25, -0.2) is 0 Å². The lowest BCUT2D eigenvalue weighted by Crippen LogP contribution is -2.37. The van der Waals surface area contributed by atoms with Crippen LogP contribution < -0.4 is 9.47 Å². The van der Waals surface area contributed by atoms with Gasteiger partial charge in [-0.3, -0.25) is 14.4 Å².